The number of primary amides is 1. The van der Waals surface area contributed by atoms with E-state index >= 15 is 0 Å². The smallest absolute Gasteiger partial charge is 0.251 e. The summed E-state index contributed by atoms with van der Waals surface area (Å²) in [5.41, 5.74) is 6.55. The van der Waals surface area contributed by atoms with Crippen LogP contribution in [0.15, 0.2) is 40.1 Å². The summed E-state index contributed by atoms with van der Waals surface area (Å²) < 4.78 is 1.94. The summed E-state index contributed by atoms with van der Waals surface area (Å²) in [6, 6.07) is 9.47. The van der Waals surface area contributed by atoms with Crippen LogP contribution in [0.5, 0.6) is 0 Å². The zero-order valence-electron chi connectivity index (χ0n) is 12.1. The van der Waals surface area contributed by atoms with Gasteiger partial charge in [-0.1, -0.05) is 23.9 Å². The van der Waals surface area contributed by atoms with E-state index in [4.69, 9.17) is 5.73 Å². The number of nitrogens with two attached hydrogens (primary N) is 1. The van der Waals surface area contributed by atoms with Crippen LogP contribution in [0.3, 0.4) is 0 Å². The molecule has 0 radical (unpaired) electrons. The molecule has 2 heterocycles. The summed E-state index contributed by atoms with van der Waals surface area (Å²) in [6.07, 6.45) is 0. The number of thiazole rings is 1. The van der Waals surface area contributed by atoms with Crippen molar-refractivity contribution in [3.63, 3.8) is 0 Å². The number of rotatable bonds is 5. The van der Waals surface area contributed by atoms with E-state index in [1.807, 2.05) is 31.2 Å². The van der Waals surface area contributed by atoms with E-state index in [0.29, 0.717) is 10.6 Å². The fraction of sp³-hybridized carbons (Fsp3) is 0.133. The third-order valence-electron chi connectivity index (χ3n) is 3.09. The second-order valence-corrected chi connectivity index (χ2v) is 8.26. The first kappa shape index (κ1) is 16.0. The van der Waals surface area contributed by atoms with Crippen molar-refractivity contribution < 1.29 is 9.59 Å². The number of anilines is 1. The molecule has 2 amide bonds. The monoisotopic (exact) mass is 363 g/mol. The highest BCUT2D eigenvalue weighted by atomic mass is 32.2. The van der Waals surface area contributed by atoms with Gasteiger partial charge in [0.15, 0.2) is 4.34 Å². The molecule has 0 aliphatic heterocycles. The molecular formula is C15H13N3O2S3. The number of hydrogen-bond acceptors (Lipinski definition) is 6. The lowest BCUT2D eigenvalue weighted by atomic mass is 10.3. The Balaban J connectivity index is 1.69. The first-order valence-corrected chi connectivity index (χ1v) is 9.32. The molecule has 1 aromatic carbocycles. The highest BCUT2D eigenvalue weighted by Gasteiger charge is 2.19. The lowest BCUT2D eigenvalue weighted by Crippen LogP contribution is -2.23. The Bertz CT molecular complexity index is 839. The van der Waals surface area contributed by atoms with Crippen LogP contribution in [-0.4, -0.2) is 22.0 Å². The summed E-state index contributed by atoms with van der Waals surface area (Å²) in [7, 11) is 0. The van der Waals surface area contributed by atoms with Gasteiger partial charge in [-0.3, -0.25) is 9.59 Å². The largest absolute Gasteiger partial charge is 0.366 e. The molecule has 3 N–H and O–H groups in total. The number of thioether (sulfide) groups is 1. The molecule has 0 bridgehead atoms. The standard InChI is InChI=1S/C15H13N3O2S3/c1-8(13(20)18-14-9(12(16)19)6-7-21-14)22-15-17-10-4-2-3-5-11(10)23-15/h2-8H,1H3,(H2,16,19)(H,18,20)/t8-/m0/s1. The van der Waals surface area contributed by atoms with Gasteiger partial charge in [-0.25, -0.2) is 4.98 Å². The van der Waals surface area contributed by atoms with E-state index in [1.165, 1.54) is 23.1 Å². The molecule has 0 fully saturated rings. The Hall–Kier alpha value is -1.90. The average molecular weight is 363 g/mol. The van der Waals surface area contributed by atoms with Crippen molar-refractivity contribution in [2.24, 2.45) is 5.73 Å². The van der Waals surface area contributed by atoms with Gasteiger partial charge in [-0.05, 0) is 30.5 Å². The molecule has 0 unspecified atom stereocenters. The van der Waals surface area contributed by atoms with E-state index in [-0.39, 0.29) is 11.2 Å². The van der Waals surface area contributed by atoms with E-state index in [1.54, 1.807) is 22.8 Å². The van der Waals surface area contributed by atoms with Crippen molar-refractivity contribution in [2.45, 2.75) is 16.5 Å². The van der Waals surface area contributed by atoms with Crippen LogP contribution in [0.1, 0.15) is 17.3 Å². The van der Waals surface area contributed by atoms with E-state index in [0.717, 1.165) is 14.6 Å². The lowest BCUT2D eigenvalue weighted by molar-refractivity contribution is -0.115. The van der Waals surface area contributed by atoms with E-state index in [2.05, 4.69) is 10.3 Å². The Kier molecular flexibility index (Phi) is 4.65. The quantitative estimate of drug-likeness (QED) is 0.679. The zero-order chi connectivity index (χ0) is 16.4. The second-order valence-electron chi connectivity index (χ2n) is 4.72. The Morgan fingerprint density at radius 3 is 2.83 bits per heavy atom. The summed E-state index contributed by atoms with van der Waals surface area (Å²) in [6.45, 7) is 1.81. The minimum Gasteiger partial charge on any atom is -0.366 e. The number of carbonyl (C=O) groups is 2. The van der Waals surface area contributed by atoms with Crippen molar-refractivity contribution in [3.8, 4) is 0 Å². The highest BCUT2D eigenvalue weighted by Crippen LogP contribution is 2.32. The van der Waals surface area contributed by atoms with Crippen LogP contribution in [0.25, 0.3) is 10.2 Å². The van der Waals surface area contributed by atoms with Crippen molar-refractivity contribution in [1.82, 2.24) is 4.98 Å². The van der Waals surface area contributed by atoms with Crippen LogP contribution in [0.2, 0.25) is 0 Å². The predicted molar refractivity (Wildman–Crippen MR) is 96.4 cm³/mol. The van der Waals surface area contributed by atoms with Gasteiger partial charge >= 0.3 is 0 Å². The molecule has 2 aromatic heterocycles. The van der Waals surface area contributed by atoms with Gasteiger partial charge in [-0.15, -0.1) is 22.7 Å². The molecule has 3 rings (SSSR count). The number of aromatic nitrogens is 1. The summed E-state index contributed by atoms with van der Waals surface area (Å²) in [5.74, 6) is -0.729. The van der Waals surface area contributed by atoms with Crippen LogP contribution >= 0.6 is 34.4 Å². The molecule has 118 valence electrons. The predicted octanol–water partition coefficient (Wildman–Crippen LogP) is 3.58. The van der Waals surface area contributed by atoms with Gasteiger partial charge in [-0.2, -0.15) is 0 Å². The van der Waals surface area contributed by atoms with Crippen molar-refractivity contribution in [2.75, 3.05) is 5.32 Å². The highest BCUT2D eigenvalue weighted by molar-refractivity contribution is 8.02. The first-order chi connectivity index (χ1) is 11.0. The molecule has 1 atom stereocenters. The summed E-state index contributed by atoms with van der Waals surface area (Å²) in [4.78, 5) is 28.1. The number of thiophene rings is 1. The summed E-state index contributed by atoms with van der Waals surface area (Å²) >= 11 is 4.24. The van der Waals surface area contributed by atoms with Gasteiger partial charge in [0.05, 0.1) is 21.0 Å². The molecule has 0 aliphatic rings. The average Bonchev–Trinajstić information content (AvgIpc) is 3.12. The summed E-state index contributed by atoms with van der Waals surface area (Å²) in [5, 5.41) is 4.63. The number of carbonyl (C=O) groups excluding carboxylic acids is 2. The maximum atomic E-state index is 12.3. The molecule has 8 heteroatoms. The molecular weight excluding hydrogens is 350 g/mol. The van der Waals surface area contributed by atoms with Gasteiger partial charge in [0.1, 0.15) is 5.00 Å². The number of nitrogens with one attached hydrogen (secondary N) is 1. The molecule has 23 heavy (non-hydrogen) atoms. The molecule has 0 saturated carbocycles. The van der Waals surface area contributed by atoms with Gasteiger partial charge in [0.2, 0.25) is 5.91 Å². The number of fused-ring (bicyclic) bond motifs is 1. The topological polar surface area (TPSA) is 85.1 Å². The molecule has 0 aliphatic carbocycles. The SMILES string of the molecule is C[C@H](Sc1nc2ccccc2s1)C(=O)Nc1sccc1C(N)=O. The number of nitrogens with zero attached hydrogens (tertiary/aromatic N) is 1. The van der Waals surface area contributed by atoms with Crippen LogP contribution < -0.4 is 11.1 Å². The van der Waals surface area contributed by atoms with Crippen molar-refractivity contribution in [1.29, 1.82) is 0 Å². The zero-order valence-corrected chi connectivity index (χ0v) is 14.6. The van der Waals surface area contributed by atoms with Gasteiger partial charge < -0.3 is 11.1 Å². The molecule has 3 aromatic rings. The Morgan fingerprint density at radius 1 is 1.30 bits per heavy atom. The van der Waals surface area contributed by atoms with Gasteiger partial charge in [0.25, 0.3) is 5.91 Å². The Morgan fingerprint density at radius 2 is 2.09 bits per heavy atom. The van der Waals surface area contributed by atoms with Gasteiger partial charge in [0, 0.05) is 0 Å². The number of hydrogen-bond donors (Lipinski definition) is 2. The fourth-order valence-corrected chi connectivity index (χ4v) is 4.93. The lowest BCUT2D eigenvalue weighted by Gasteiger charge is -2.09. The number of amides is 2. The molecule has 0 saturated heterocycles. The van der Waals surface area contributed by atoms with E-state index < -0.39 is 5.91 Å². The van der Waals surface area contributed by atoms with Crippen molar-refractivity contribution >= 4 is 61.5 Å². The minimum atomic E-state index is -0.548. The number of para-hydroxylation sites is 1. The van der Waals surface area contributed by atoms with Crippen molar-refractivity contribution in [3.05, 3.63) is 41.3 Å². The maximum absolute atomic E-state index is 12.3. The third-order valence-corrected chi connectivity index (χ3v) is 6.15. The van der Waals surface area contributed by atoms with Crippen LogP contribution in [0.4, 0.5) is 5.00 Å². The maximum Gasteiger partial charge on any atom is 0.251 e. The second kappa shape index (κ2) is 6.69. The van der Waals surface area contributed by atoms with E-state index in [9.17, 15) is 9.59 Å². The fourth-order valence-electron chi connectivity index (χ4n) is 1.92. The Labute approximate surface area is 144 Å². The third kappa shape index (κ3) is 3.54. The van der Waals surface area contributed by atoms with Crippen LogP contribution in [0, 0.1) is 0 Å². The van der Waals surface area contributed by atoms with Crippen LogP contribution in [-0.2, 0) is 4.79 Å². The first-order valence-electron chi connectivity index (χ1n) is 6.75. The minimum absolute atomic E-state index is 0.181. The number of benzene rings is 1. The molecule has 5 nitrogen and oxygen atoms in total. The molecule has 0 spiro atoms. The normalized spacial score (nSPS) is 12.2.